The van der Waals surface area contributed by atoms with Crippen LogP contribution in [0.25, 0.3) is 11.1 Å². The third-order valence-electron chi connectivity index (χ3n) is 6.81. The number of benzene rings is 2. The number of nitrogens with two attached hydrogens (primary N) is 1. The van der Waals surface area contributed by atoms with Gasteiger partial charge >= 0.3 is 12.1 Å². The zero-order chi connectivity index (χ0) is 23.4. The molecule has 7 nitrogen and oxygen atoms in total. The number of carbonyl (C=O) groups excluding carboxylic acids is 2. The first kappa shape index (κ1) is 22.8. The summed E-state index contributed by atoms with van der Waals surface area (Å²) in [7, 11) is 0. The molecule has 174 valence electrons. The Kier molecular flexibility index (Phi) is 6.96. The summed E-state index contributed by atoms with van der Waals surface area (Å²) in [4.78, 5) is 38.2. The standard InChI is InChI=1S/C26H30N2O5/c27-25(31)23(14-15-24(29)30)28(17-8-2-1-3-9-17)26(32)33-16-22-20-12-6-4-10-18(20)19-11-5-7-13-21(19)22/h4-7,10-13,17,22-23H,1-3,8-9,14-16H2,(H2,27,31)(H,29,30)/t23-/m0/s1. The lowest BCUT2D eigenvalue weighted by molar-refractivity contribution is -0.137. The van der Waals surface area contributed by atoms with Crippen LogP contribution >= 0.6 is 0 Å². The maximum Gasteiger partial charge on any atom is 0.410 e. The van der Waals surface area contributed by atoms with Gasteiger partial charge in [0.2, 0.25) is 5.91 Å². The minimum atomic E-state index is -1.03. The van der Waals surface area contributed by atoms with E-state index in [1.807, 2.05) is 36.4 Å². The van der Waals surface area contributed by atoms with Crippen molar-refractivity contribution in [3.8, 4) is 11.1 Å². The number of aliphatic carboxylic acids is 1. The van der Waals surface area contributed by atoms with Crippen LogP contribution in [0.2, 0.25) is 0 Å². The lowest BCUT2D eigenvalue weighted by atomic mass is 9.92. The highest BCUT2D eigenvalue weighted by Crippen LogP contribution is 2.44. The first-order valence-corrected chi connectivity index (χ1v) is 11.6. The van der Waals surface area contributed by atoms with Crippen LogP contribution < -0.4 is 5.73 Å². The maximum atomic E-state index is 13.4. The zero-order valence-corrected chi connectivity index (χ0v) is 18.6. The summed E-state index contributed by atoms with van der Waals surface area (Å²) in [5.74, 6) is -1.83. The molecule has 0 bridgehead atoms. The Hall–Kier alpha value is -3.35. The van der Waals surface area contributed by atoms with Gasteiger partial charge in [0.1, 0.15) is 12.6 Å². The second kappa shape index (κ2) is 10.1. The number of ether oxygens (including phenoxy) is 1. The SMILES string of the molecule is NC(=O)[C@H](CCC(=O)O)N(C(=O)OCC1c2ccccc2-c2ccccc21)C1CCCCC1. The van der Waals surface area contributed by atoms with Gasteiger partial charge < -0.3 is 15.6 Å². The number of nitrogens with zero attached hydrogens (tertiary/aromatic N) is 1. The highest BCUT2D eigenvalue weighted by molar-refractivity contribution is 5.85. The smallest absolute Gasteiger partial charge is 0.410 e. The number of primary amides is 1. The Labute approximate surface area is 193 Å². The third-order valence-corrected chi connectivity index (χ3v) is 6.81. The summed E-state index contributed by atoms with van der Waals surface area (Å²) in [6.45, 7) is 0.139. The van der Waals surface area contributed by atoms with E-state index < -0.39 is 24.0 Å². The molecule has 2 aromatic carbocycles. The second-order valence-electron chi connectivity index (χ2n) is 8.85. The topological polar surface area (TPSA) is 110 Å². The molecule has 2 aliphatic rings. The van der Waals surface area contributed by atoms with E-state index >= 15 is 0 Å². The average molecular weight is 451 g/mol. The van der Waals surface area contributed by atoms with E-state index in [4.69, 9.17) is 15.6 Å². The van der Waals surface area contributed by atoms with Gasteiger partial charge in [-0.3, -0.25) is 14.5 Å². The number of hydrogen-bond acceptors (Lipinski definition) is 4. The van der Waals surface area contributed by atoms with Gasteiger partial charge in [0.05, 0.1) is 0 Å². The van der Waals surface area contributed by atoms with E-state index in [0.717, 1.165) is 54.4 Å². The molecular weight excluding hydrogens is 420 g/mol. The Bertz CT molecular complexity index is 985. The normalized spacial score (nSPS) is 16.5. The molecule has 0 aliphatic heterocycles. The van der Waals surface area contributed by atoms with Crippen molar-refractivity contribution < 1.29 is 24.2 Å². The number of hydrogen-bond donors (Lipinski definition) is 2. The lowest BCUT2D eigenvalue weighted by Gasteiger charge is -2.38. The molecule has 1 atom stereocenters. The van der Waals surface area contributed by atoms with E-state index in [2.05, 4.69) is 12.1 Å². The number of carboxylic acids is 1. The van der Waals surface area contributed by atoms with Gasteiger partial charge in [-0.25, -0.2) is 4.79 Å². The quantitative estimate of drug-likeness (QED) is 0.623. The predicted octanol–water partition coefficient (Wildman–Crippen LogP) is 4.29. The molecule has 0 unspecified atom stereocenters. The Balaban J connectivity index is 1.56. The number of fused-ring (bicyclic) bond motifs is 3. The van der Waals surface area contributed by atoms with Crippen molar-refractivity contribution in [2.24, 2.45) is 5.73 Å². The van der Waals surface area contributed by atoms with Crippen molar-refractivity contribution in [3.05, 3.63) is 59.7 Å². The molecule has 0 radical (unpaired) electrons. The number of amides is 2. The summed E-state index contributed by atoms with van der Waals surface area (Å²) in [6.07, 6.45) is 3.61. The monoisotopic (exact) mass is 450 g/mol. The van der Waals surface area contributed by atoms with E-state index in [9.17, 15) is 14.4 Å². The van der Waals surface area contributed by atoms with Crippen molar-refractivity contribution in [1.82, 2.24) is 4.90 Å². The van der Waals surface area contributed by atoms with Crippen LogP contribution in [0.3, 0.4) is 0 Å². The number of carboxylic acid groups (broad SMARTS) is 1. The summed E-state index contributed by atoms with van der Waals surface area (Å²) >= 11 is 0. The van der Waals surface area contributed by atoms with Crippen LogP contribution in [0.1, 0.15) is 62.0 Å². The van der Waals surface area contributed by atoms with E-state index in [-0.39, 0.29) is 31.4 Å². The molecule has 4 rings (SSSR count). The highest BCUT2D eigenvalue weighted by atomic mass is 16.6. The third kappa shape index (κ3) is 4.87. The molecule has 0 spiro atoms. The van der Waals surface area contributed by atoms with E-state index in [0.29, 0.717) is 0 Å². The first-order chi connectivity index (χ1) is 16.0. The molecular formula is C26H30N2O5. The minimum Gasteiger partial charge on any atom is -0.481 e. The van der Waals surface area contributed by atoms with Crippen LogP contribution in [0.15, 0.2) is 48.5 Å². The molecule has 33 heavy (non-hydrogen) atoms. The molecule has 2 amide bonds. The van der Waals surface area contributed by atoms with Gasteiger partial charge in [0.15, 0.2) is 0 Å². The van der Waals surface area contributed by atoms with Crippen molar-refractivity contribution in [3.63, 3.8) is 0 Å². The van der Waals surface area contributed by atoms with Gasteiger partial charge in [-0.05, 0) is 41.5 Å². The average Bonchev–Trinajstić information content (AvgIpc) is 3.14. The fourth-order valence-electron chi connectivity index (χ4n) is 5.24. The van der Waals surface area contributed by atoms with Crippen LogP contribution in [0.5, 0.6) is 0 Å². The number of carbonyl (C=O) groups is 3. The Morgan fingerprint density at radius 2 is 1.55 bits per heavy atom. The molecule has 7 heteroatoms. The van der Waals surface area contributed by atoms with Gasteiger partial charge in [-0.1, -0.05) is 67.8 Å². The molecule has 2 aliphatic carbocycles. The van der Waals surface area contributed by atoms with Crippen molar-refractivity contribution >= 4 is 18.0 Å². The van der Waals surface area contributed by atoms with Gasteiger partial charge in [-0.15, -0.1) is 0 Å². The minimum absolute atomic E-state index is 0.0225. The Morgan fingerprint density at radius 1 is 0.970 bits per heavy atom. The fourth-order valence-corrected chi connectivity index (χ4v) is 5.24. The summed E-state index contributed by atoms with van der Waals surface area (Å²) in [5, 5.41) is 9.12. The number of rotatable bonds is 8. The van der Waals surface area contributed by atoms with Crippen molar-refractivity contribution in [1.29, 1.82) is 0 Å². The zero-order valence-electron chi connectivity index (χ0n) is 18.6. The summed E-state index contributed by atoms with van der Waals surface area (Å²) in [6, 6.07) is 15.0. The Morgan fingerprint density at radius 3 is 2.09 bits per heavy atom. The highest BCUT2D eigenvalue weighted by Gasteiger charge is 2.37. The summed E-state index contributed by atoms with van der Waals surface area (Å²) < 4.78 is 5.82. The largest absolute Gasteiger partial charge is 0.481 e. The van der Waals surface area contributed by atoms with Crippen LogP contribution in [0.4, 0.5) is 4.79 Å². The van der Waals surface area contributed by atoms with Gasteiger partial charge in [-0.2, -0.15) is 0 Å². The predicted molar refractivity (Wildman–Crippen MR) is 124 cm³/mol. The molecule has 3 N–H and O–H groups in total. The molecule has 2 aromatic rings. The maximum absolute atomic E-state index is 13.4. The van der Waals surface area contributed by atoms with Gasteiger partial charge in [0, 0.05) is 18.4 Å². The molecule has 0 saturated heterocycles. The van der Waals surface area contributed by atoms with Crippen LogP contribution in [-0.2, 0) is 14.3 Å². The molecule has 1 saturated carbocycles. The van der Waals surface area contributed by atoms with Crippen molar-refractivity contribution in [2.75, 3.05) is 6.61 Å². The lowest BCUT2D eigenvalue weighted by Crippen LogP contribution is -2.53. The molecule has 0 heterocycles. The second-order valence-corrected chi connectivity index (χ2v) is 8.85. The summed E-state index contributed by atoms with van der Waals surface area (Å²) in [5.41, 5.74) is 10.1. The molecule has 0 aromatic heterocycles. The molecule has 1 fully saturated rings. The first-order valence-electron chi connectivity index (χ1n) is 11.6. The van der Waals surface area contributed by atoms with E-state index in [1.54, 1.807) is 0 Å². The van der Waals surface area contributed by atoms with Crippen LogP contribution in [-0.4, -0.2) is 46.7 Å². The van der Waals surface area contributed by atoms with Gasteiger partial charge in [0.25, 0.3) is 0 Å². The van der Waals surface area contributed by atoms with E-state index in [1.165, 1.54) is 4.90 Å². The van der Waals surface area contributed by atoms with Crippen molar-refractivity contribution in [2.45, 2.75) is 62.9 Å². The fraction of sp³-hybridized carbons (Fsp3) is 0.423. The van der Waals surface area contributed by atoms with Crippen LogP contribution in [0, 0.1) is 0 Å².